The van der Waals surface area contributed by atoms with E-state index in [9.17, 15) is 10.2 Å². The summed E-state index contributed by atoms with van der Waals surface area (Å²) in [5.74, 6) is 2.21. The molecule has 0 bridgehead atoms. The maximum absolute atomic E-state index is 10.7. The first-order valence-corrected chi connectivity index (χ1v) is 10.5. The van der Waals surface area contributed by atoms with E-state index in [1.54, 1.807) is 0 Å². The Hall–Kier alpha value is -0.200. The molecule has 25 heavy (non-hydrogen) atoms. The summed E-state index contributed by atoms with van der Waals surface area (Å²) in [6.45, 7) is 3.57. The van der Waals surface area contributed by atoms with Crippen LogP contribution in [0, 0.1) is 17.8 Å². The first-order valence-electron chi connectivity index (χ1n) is 10.5. The molecule has 0 spiro atoms. The van der Waals surface area contributed by atoms with Crippen molar-refractivity contribution in [3.05, 3.63) is 0 Å². The first-order chi connectivity index (χ1) is 12.2. The van der Waals surface area contributed by atoms with E-state index < -0.39 is 12.2 Å². The number of rotatable bonds is 5. The standard InChI is InChI=1S/C20H35NO4/c22-18-17(21-8-10-24-11-9-21)13-25-20(19(18)23)16-7-6-15(12-16)5-4-14-2-1-3-14/h14-20,22-23H,1-13H2/t15?,16?,17?,18-,19-,20-/m1/s1. The second-order valence-electron chi connectivity index (χ2n) is 8.81. The molecule has 2 heterocycles. The van der Waals surface area contributed by atoms with Crippen LogP contribution in [0.5, 0.6) is 0 Å². The molecule has 2 aliphatic carbocycles. The van der Waals surface area contributed by atoms with Crippen molar-refractivity contribution in [2.75, 3.05) is 32.9 Å². The summed E-state index contributed by atoms with van der Waals surface area (Å²) in [4.78, 5) is 2.21. The third kappa shape index (κ3) is 4.06. The van der Waals surface area contributed by atoms with Gasteiger partial charge in [0.1, 0.15) is 12.2 Å². The van der Waals surface area contributed by atoms with Crippen LogP contribution < -0.4 is 0 Å². The molecule has 0 radical (unpaired) electrons. The van der Waals surface area contributed by atoms with E-state index in [4.69, 9.17) is 9.47 Å². The van der Waals surface area contributed by atoms with Crippen LogP contribution in [0.4, 0.5) is 0 Å². The molecule has 144 valence electrons. The van der Waals surface area contributed by atoms with Crippen LogP contribution in [0.1, 0.15) is 51.4 Å². The van der Waals surface area contributed by atoms with Gasteiger partial charge in [-0.15, -0.1) is 0 Å². The SMILES string of the molecule is O[C@@H]1[C@H](O)C(N2CCOCC2)CO[C@@H]1C1CCC(CCC2CCC2)C1. The Morgan fingerprint density at radius 2 is 1.64 bits per heavy atom. The molecular weight excluding hydrogens is 318 g/mol. The summed E-state index contributed by atoms with van der Waals surface area (Å²) in [5.41, 5.74) is 0. The zero-order valence-electron chi connectivity index (χ0n) is 15.4. The molecule has 0 amide bonds. The normalized spacial score (nSPS) is 43.9. The van der Waals surface area contributed by atoms with Gasteiger partial charge < -0.3 is 19.7 Å². The predicted molar refractivity (Wildman–Crippen MR) is 95.3 cm³/mol. The molecule has 5 heteroatoms. The Bertz CT molecular complexity index is 424. The van der Waals surface area contributed by atoms with E-state index in [1.807, 2.05) is 0 Å². The van der Waals surface area contributed by atoms with E-state index >= 15 is 0 Å². The number of hydrogen-bond acceptors (Lipinski definition) is 5. The molecule has 2 aliphatic heterocycles. The second-order valence-corrected chi connectivity index (χ2v) is 8.81. The van der Waals surface area contributed by atoms with Crippen LogP contribution in [-0.2, 0) is 9.47 Å². The molecule has 2 saturated carbocycles. The maximum atomic E-state index is 10.7. The van der Waals surface area contributed by atoms with E-state index in [0.29, 0.717) is 25.7 Å². The number of hydrogen-bond donors (Lipinski definition) is 2. The van der Waals surface area contributed by atoms with E-state index in [2.05, 4.69) is 4.90 Å². The van der Waals surface area contributed by atoms with Crippen molar-refractivity contribution in [3.8, 4) is 0 Å². The number of ether oxygens (including phenoxy) is 2. The molecule has 2 N–H and O–H groups in total. The van der Waals surface area contributed by atoms with Gasteiger partial charge in [0, 0.05) is 13.1 Å². The van der Waals surface area contributed by atoms with Crippen molar-refractivity contribution in [2.45, 2.75) is 75.7 Å². The number of nitrogens with zero attached hydrogens (tertiary/aromatic N) is 1. The highest BCUT2D eigenvalue weighted by Crippen LogP contribution is 2.41. The topological polar surface area (TPSA) is 62.2 Å². The average molecular weight is 354 g/mol. The van der Waals surface area contributed by atoms with Gasteiger partial charge in [-0.3, -0.25) is 4.90 Å². The van der Waals surface area contributed by atoms with Crippen molar-refractivity contribution >= 4 is 0 Å². The third-order valence-corrected chi connectivity index (χ3v) is 7.31. The Morgan fingerprint density at radius 3 is 2.36 bits per heavy atom. The Balaban J connectivity index is 1.27. The molecule has 4 fully saturated rings. The Labute approximate surface area is 151 Å². The van der Waals surface area contributed by atoms with Gasteiger partial charge in [-0.05, 0) is 30.6 Å². The molecule has 0 aromatic rings. The monoisotopic (exact) mass is 353 g/mol. The smallest absolute Gasteiger partial charge is 0.108 e. The summed E-state index contributed by atoms with van der Waals surface area (Å²) in [6.07, 6.45) is 9.01. The van der Waals surface area contributed by atoms with Gasteiger partial charge in [0.15, 0.2) is 0 Å². The Kier molecular flexibility index (Phi) is 5.98. The second kappa shape index (κ2) is 8.22. The minimum Gasteiger partial charge on any atom is -0.389 e. The third-order valence-electron chi connectivity index (χ3n) is 7.31. The van der Waals surface area contributed by atoms with Gasteiger partial charge >= 0.3 is 0 Å². The number of aliphatic hydroxyl groups is 2. The molecule has 0 aromatic carbocycles. The molecule has 6 atom stereocenters. The summed E-state index contributed by atoms with van der Waals surface area (Å²) in [5, 5.41) is 21.4. The Morgan fingerprint density at radius 1 is 0.880 bits per heavy atom. The summed E-state index contributed by atoms with van der Waals surface area (Å²) < 4.78 is 11.5. The molecular formula is C20H35NO4. The predicted octanol–water partition coefficient (Wildman–Crippen LogP) is 1.80. The zero-order valence-corrected chi connectivity index (χ0v) is 15.4. The van der Waals surface area contributed by atoms with Crippen LogP contribution in [0.3, 0.4) is 0 Å². The first kappa shape index (κ1) is 18.2. The molecule has 4 aliphatic rings. The van der Waals surface area contributed by atoms with Gasteiger partial charge in [0.2, 0.25) is 0 Å². The molecule has 5 nitrogen and oxygen atoms in total. The fraction of sp³-hybridized carbons (Fsp3) is 1.00. The summed E-state index contributed by atoms with van der Waals surface area (Å²) in [6, 6.07) is -0.0917. The molecule has 3 unspecified atom stereocenters. The minimum absolute atomic E-state index is 0.0917. The fourth-order valence-electron chi connectivity index (χ4n) is 5.40. The number of aliphatic hydroxyl groups excluding tert-OH is 2. The quantitative estimate of drug-likeness (QED) is 0.789. The lowest BCUT2D eigenvalue weighted by Gasteiger charge is -2.45. The van der Waals surface area contributed by atoms with Gasteiger partial charge in [0.25, 0.3) is 0 Å². The summed E-state index contributed by atoms with van der Waals surface area (Å²) >= 11 is 0. The van der Waals surface area contributed by atoms with E-state index in [-0.39, 0.29) is 12.1 Å². The zero-order chi connectivity index (χ0) is 17.2. The van der Waals surface area contributed by atoms with Crippen LogP contribution in [0.15, 0.2) is 0 Å². The largest absolute Gasteiger partial charge is 0.389 e. The minimum atomic E-state index is -0.753. The molecule has 4 rings (SSSR count). The molecule has 0 aromatic heterocycles. The van der Waals surface area contributed by atoms with Crippen LogP contribution in [0.25, 0.3) is 0 Å². The highest BCUT2D eigenvalue weighted by molar-refractivity contribution is 4.96. The fourth-order valence-corrected chi connectivity index (χ4v) is 5.40. The van der Waals surface area contributed by atoms with Gasteiger partial charge in [-0.2, -0.15) is 0 Å². The van der Waals surface area contributed by atoms with Crippen LogP contribution in [-0.4, -0.2) is 72.4 Å². The van der Waals surface area contributed by atoms with E-state index in [1.165, 1.54) is 44.9 Å². The lowest BCUT2D eigenvalue weighted by molar-refractivity contribution is -0.192. The van der Waals surface area contributed by atoms with Crippen molar-refractivity contribution < 1.29 is 19.7 Å². The lowest BCUT2D eigenvalue weighted by Crippen LogP contribution is -2.62. The van der Waals surface area contributed by atoms with Gasteiger partial charge in [-0.1, -0.05) is 38.5 Å². The van der Waals surface area contributed by atoms with Crippen LogP contribution >= 0.6 is 0 Å². The van der Waals surface area contributed by atoms with Gasteiger partial charge in [0.05, 0.1) is 32.0 Å². The van der Waals surface area contributed by atoms with Crippen molar-refractivity contribution in [3.63, 3.8) is 0 Å². The highest BCUT2D eigenvalue weighted by atomic mass is 16.5. The highest BCUT2D eigenvalue weighted by Gasteiger charge is 2.45. The van der Waals surface area contributed by atoms with Crippen LogP contribution in [0.2, 0.25) is 0 Å². The van der Waals surface area contributed by atoms with Gasteiger partial charge in [-0.25, -0.2) is 0 Å². The van der Waals surface area contributed by atoms with Crippen molar-refractivity contribution in [2.24, 2.45) is 17.8 Å². The summed E-state index contributed by atoms with van der Waals surface area (Å²) in [7, 11) is 0. The maximum Gasteiger partial charge on any atom is 0.108 e. The van der Waals surface area contributed by atoms with Crippen molar-refractivity contribution in [1.29, 1.82) is 0 Å². The molecule has 2 saturated heterocycles. The lowest BCUT2D eigenvalue weighted by atomic mass is 9.80. The number of morpholine rings is 1. The van der Waals surface area contributed by atoms with E-state index in [0.717, 1.165) is 31.3 Å². The average Bonchev–Trinajstić information content (AvgIpc) is 3.05. The van der Waals surface area contributed by atoms with Crippen molar-refractivity contribution in [1.82, 2.24) is 4.90 Å².